The van der Waals surface area contributed by atoms with Crippen LogP contribution in [-0.4, -0.2) is 15.9 Å². The number of carbonyl (C=O) groups excluding carboxylic acids is 1. The average molecular weight is 353 g/mol. The van der Waals surface area contributed by atoms with Crippen LogP contribution in [0.4, 0.5) is 5.82 Å². The van der Waals surface area contributed by atoms with E-state index in [1.54, 1.807) is 11.4 Å². The number of thiophene rings is 1. The summed E-state index contributed by atoms with van der Waals surface area (Å²) >= 11 is 16.2. The third-order valence-corrected chi connectivity index (χ3v) is 4.38. The Morgan fingerprint density at radius 3 is 2.82 bits per heavy atom. The number of amides is 1. The van der Waals surface area contributed by atoms with Crippen LogP contribution in [-0.2, 0) is 0 Å². The van der Waals surface area contributed by atoms with Crippen LogP contribution in [0.15, 0.2) is 22.2 Å². The molecule has 0 bridgehead atoms. The molecular weight excluding hydrogens is 349 g/mol. The maximum absolute atomic E-state index is 11.9. The number of aromatic nitrogens is 2. The number of hydrogen-bond donors (Lipinski definition) is 1. The molecule has 0 saturated heterocycles. The van der Waals surface area contributed by atoms with Gasteiger partial charge >= 0.3 is 0 Å². The number of rotatable bonds is 2. The van der Waals surface area contributed by atoms with Crippen molar-refractivity contribution in [3.05, 3.63) is 37.3 Å². The molecule has 1 N–H and O–H groups in total. The van der Waals surface area contributed by atoms with Gasteiger partial charge in [0.25, 0.3) is 5.91 Å². The molecule has 0 aromatic carbocycles. The van der Waals surface area contributed by atoms with Gasteiger partial charge in [0, 0.05) is 4.47 Å². The molecule has 0 fully saturated rings. The predicted molar refractivity (Wildman–Crippen MR) is 72.0 cm³/mol. The largest absolute Gasteiger partial charge is 0.304 e. The zero-order valence-corrected chi connectivity index (χ0v) is 12.0. The van der Waals surface area contributed by atoms with Crippen LogP contribution in [0.3, 0.4) is 0 Å². The Labute approximate surface area is 119 Å². The molecule has 2 aromatic heterocycles. The maximum atomic E-state index is 11.9. The van der Waals surface area contributed by atoms with Gasteiger partial charge < -0.3 is 5.32 Å². The molecule has 2 heterocycles. The molecule has 2 rings (SSSR count). The monoisotopic (exact) mass is 351 g/mol. The van der Waals surface area contributed by atoms with Gasteiger partial charge in [0.15, 0.2) is 11.0 Å². The van der Waals surface area contributed by atoms with Crippen molar-refractivity contribution >= 4 is 62.2 Å². The SMILES string of the molecule is O=C(Nc1ncnc(Cl)c1Cl)c1sccc1Br. The standard InChI is InChI=1S/C9H4BrCl2N3OS/c10-4-1-2-17-6(4)9(16)15-8-5(11)7(12)13-3-14-8/h1-3H,(H,13,14,15,16). The second-order valence-electron chi connectivity index (χ2n) is 2.88. The molecule has 0 saturated carbocycles. The Balaban J connectivity index is 2.25. The molecule has 8 heteroatoms. The summed E-state index contributed by atoms with van der Waals surface area (Å²) in [6, 6.07) is 1.79. The highest BCUT2D eigenvalue weighted by Crippen LogP contribution is 2.28. The number of carbonyl (C=O) groups is 1. The lowest BCUT2D eigenvalue weighted by atomic mass is 10.4. The highest BCUT2D eigenvalue weighted by Gasteiger charge is 2.15. The molecule has 1 amide bonds. The van der Waals surface area contributed by atoms with Gasteiger partial charge in [-0.2, -0.15) is 0 Å². The minimum Gasteiger partial charge on any atom is -0.304 e. The van der Waals surface area contributed by atoms with Crippen LogP contribution in [0.2, 0.25) is 10.2 Å². The van der Waals surface area contributed by atoms with Crippen LogP contribution in [0.25, 0.3) is 0 Å². The van der Waals surface area contributed by atoms with E-state index in [2.05, 4.69) is 31.2 Å². The first-order chi connectivity index (χ1) is 8.09. The first-order valence-corrected chi connectivity index (χ1v) is 6.73. The van der Waals surface area contributed by atoms with E-state index in [-0.39, 0.29) is 21.9 Å². The van der Waals surface area contributed by atoms with E-state index in [0.717, 1.165) is 4.47 Å². The van der Waals surface area contributed by atoms with Crippen LogP contribution in [0, 0.1) is 0 Å². The summed E-state index contributed by atoms with van der Waals surface area (Å²) in [5, 5.41) is 4.59. The smallest absolute Gasteiger partial charge is 0.268 e. The van der Waals surface area contributed by atoms with Gasteiger partial charge in [-0.3, -0.25) is 4.79 Å². The zero-order valence-electron chi connectivity index (χ0n) is 8.08. The van der Waals surface area contributed by atoms with Crippen LogP contribution < -0.4 is 5.32 Å². The van der Waals surface area contributed by atoms with Crippen LogP contribution >= 0.6 is 50.5 Å². The fraction of sp³-hybridized carbons (Fsp3) is 0. The molecule has 0 aliphatic carbocycles. The highest BCUT2D eigenvalue weighted by atomic mass is 79.9. The predicted octanol–water partition coefficient (Wildman–Crippen LogP) is 3.86. The van der Waals surface area contributed by atoms with Crippen molar-refractivity contribution in [2.45, 2.75) is 0 Å². The molecule has 0 atom stereocenters. The fourth-order valence-corrected chi connectivity index (χ4v) is 2.78. The Hall–Kier alpha value is -0.690. The summed E-state index contributed by atoms with van der Waals surface area (Å²) < 4.78 is 0.719. The second-order valence-corrected chi connectivity index (χ2v) is 5.39. The normalized spacial score (nSPS) is 10.3. The Morgan fingerprint density at radius 2 is 2.18 bits per heavy atom. The summed E-state index contributed by atoms with van der Waals surface area (Å²) in [4.78, 5) is 19.9. The van der Waals surface area contributed by atoms with Gasteiger partial charge in [-0.05, 0) is 27.4 Å². The molecule has 0 unspecified atom stereocenters. The molecular formula is C9H4BrCl2N3OS. The fourth-order valence-electron chi connectivity index (χ4n) is 1.06. The Bertz CT molecular complexity index is 575. The molecule has 88 valence electrons. The lowest BCUT2D eigenvalue weighted by Crippen LogP contribution is -2.12. The Morgan fingerprint density at radius 1 is 1.41 bits per heavy atom. The first-order valence-electron chi connectivity index (χ1n) is 4.30. The van der Waals surface area contributed by atoms with E-state index in [1.165, 1.54) is 17.7 Å². The lowest BCUT2D eigenvalue weighted by Gasteiger charge is -2.05. The van der Waals surface area contributed by atoms with Gasteiger partial charge in [-0.15, -0.1) is 11.3 Å². The summed E-state index contributed by atoms with van der Waals surface area (Å²) in [6.07, 6.45) is 1.23. The van der Waals surface area contributed by atoms with E-state index in [0.29, 0.717) is 4.88 Å². The zero-order chi connectivity index (χ0) is 12.4. The molecule has 17 heavy (non-hydrogen) atoms. The third-order valence-electron chi connectivity index (χ3n) is 1.80. The van der Waals surface area contributed by atoms with Crippen molar-refractivity contribution in [3.8, 4) is 0 Å². The number of hydrogen-bond acceptors (Lipinski definition) is 4. The molecule has 0 aliphatic heterocycles. The van der Waals surface area contributed by atoms with Crippen molar-refractivity contribution < 1.29 is 4.79 Å². The first kappa shape index (κ1) is 12.8. The van der Waals surface area contributed by atoms with Gasteiger partial charge in [-0.1, -0.05) is 23.2 Å². The van der Waals surface area contributed by atoms with Crippen molar-refractivity contribution in [3.63, 3.8) is 0 Å². The summed E-state index contributed by atoms with van der Waals surface area (Å²) in [7, 11) is 0. The Kier molecular flexibility index (Phi) is 3.98. The van der Waals surface area contributed by atoms with E-state index in [4.69, 9.17) is 23.2 Å². The van der Waals surface area contributed by atoms with Gasteiger partial charge in [0.2, 0.25) is 0 Å². The minimum absolute atomic E-state index is 0.0993. The number of anilines is 1. The molecule has 4 nitrogen and oxygen atoms in total. The van der Waals surface area contributed by atoms with E-state index >= 15 is 0 Å². The van der Waals surface area contributed by atoms with Crippen molar-refractivity contribution in [2.24, 2.45) is 0 Å². The van der Waals surface area contributed by atoms with Crippen molar-refractivity contribution in [1.82, 2.24) is 9.97 Å². The van der Waals surface area contributed by atoms with Crippen LogP contribution in [0.1, 0.15) is 9.67 Å². The van der Waals surface area contributed by atoms with Crippen molar-refractivity contribution in [1.29, 1.82) is 0 Å². The second kappa shape index (κ2) is 5.30. The van der Waals surface area contributed by atoms with Gasteiger partial charge in [0.1, 0.15) is 16.2 Å². The quantitative estimate of drug-likeness (QED) is 0.835. The topological polar surface area (TPSA) is 54.9 Å². The van der Waals surface area contributed by atoms with Gasteiger partial charge in [0.05, 0.1) is 0 Å². The summed E-state index contributed by atoms with van der Waals surface area (Å²) in [6.45, 7) is 0. The van der Waals surface area contributed by atoms with Crippen molar-refractivity contribution in [2.75, 3.05) is 5.32 Å². The third kappa shape index (κ3) is 2.77. The molecule has 0 spiro atoms. The lowest BCUT2D eigenvalue weighted by molar-refractivity contribution is 0.102. The summed E-state index contributed by atoms with van der Waals surface area (Å²) in [5.74, 6) is -0.111. The molecule has 2 aromatic rings. The number of nitrogens with zero attached hydrogens (tertiary/aromatic N) is 2. The molecule has 0 radical (unpaired) electrons. The van der Waals surface area contributed by atoms with E-state index < -0.39 is 0 Å². The number of nitrogens with one attached hydrogen (secondary N) is 1. The molecule has 0 aliphatic rings. The minimum atomic E-state index is -0.302. The van der Waals surface area contributed by atoms with E-state index in [1.807, 2.05) is 0 Å². The number of halogens is 3. The van der Waals surface area contributed by atoms with E-state index in [9.17, 15) is 4.79 Å². The average Bonchev–Trinajstić information content (AvgIpc) is 2.71. The van der Waals surface area contributed by atoms with Gasteiger partial charge in [-0.25, -0.2) is 9.97 Å². The highest BCUT2D eigenvalue weighted by molar-refractivity contribution is 9.10. The van der Waals surface area contributed by atoms with Crippen LogP contribution in [0.5, 0.6) is 0 Å². The maximum Gasteiger partial charge on any atom is 0.268 e. The summed E-state index contributed by atoms with van der Waals surface area (Å²) in [5.41, 5.74) is 0.